The molecule has 1 aromatic rings. The molecular weight excluding hydrogens is 232 g/mol. The number of rotatable bonds is 5. The first kappa shape index (κ1) is 13.7. The van der Waals surface area contributed by atoms with E-state index in [1.807, 2.05) is 30.9 Å². The number of hydrogen-bond donors (Lipinski definition) is 1. The van der Waals surface area contributed by atoms with E-state index in [1.54, 1.807) is 11.3 Å². The highest BCUT2D eigenvalue weighted by atomic mass is 32.1. The molecule has 0 spiro atoms. The first-order chi connectivity index (χ1) is 8.10. The minimum atomic E-state index is -0.116. The normalized spacial score (nSPS) is 14.0. The Labute approximate surface area is 106 Å². The fourth-order valence-electron chi connectivity index (χ4n) is 1.82. The molecule has 0 saturated carbocycles. The molecule has 1 aromatic heterocycles. The van der Waals surface area contributed by atoms with E-state index in [1.165, 1.54) is 4.88 Å². The molecule has 4 nitrogen and oxygen atoms in total. The molecule has 0 aliphatic heterocycles. The van der Waals surface area contributed by atoms with Crippen LogP contribution >= 0.6 is 11.3 Å². The average molecular weight is 248 g/mol. The summed E-state index contributed by atoms with van der Waals surface area (Å²) in [5.74, 6) is 0. The highest BCUT2D eigenvalue weighted by Crippen LogP contribution is 2.29. The molecular formula is C12H16N4S. The van der Waals surface area contributed by atoms with Gasteiger partial charge in [-0.2, -0.15) is 10.5 Å². The van der Waals surface area contributed by atoms with Gasteiger partial charge in [-0.25, -0.2) is 0 Å². The third kappa shape index (κ3) is 3.54. The Balaban J connectivity index is 2.99. The maximum Gasteiger partial charge on any atom is 0.0880 e. The highest BCUT2D eigenvalue weighted by Gasteiger charge is 2.25. The van der Waals surface area contributed by atoms with Crippen LogP contribution < -0.4 is 5.73 Å². The molecule has 2 unspecified atom stereocenters. The fraction of sp³-hybridized carbons (Fsp3) is 0.500. The molecule has 0 saturated heterocycles. The van der Waals surface area contributed by atoms with E-state index in [2.05, 4.69) is 12.1 Å². The van der Waals surface area contributed by atoms with E-state index in [-0.39, 0.29) is 25.2 Å². The molecule has 5 heteroatoms. The number of aryl methyl sites for hydroxylation is 1. The van der Waals surface area contributed by atoms with Gasteiger partial charge in [-0.3, -0.25) is 4.90 Å². The van der Waals surface area contributed by atoms with Gasteiger partial charge in [-0.1, -0.05) is 0 Å². The predicted octanol–water partition coefficient (Wildman–Crippen LogP) is 1.79. The monoisotopic (exact) mass is 248 g/mol. The highest BCUT2D eigenvalue weighted by molar-refractivity contribution is 7.12. The van der Waals surface area contributed by atoms with Crippen LogP contribution in [0, 0.1) is 29.6 Å². The Hall–Kier alpha value is -1.40. The van der Waals surface area contributed by atoms with E-state index >= 15 is 0 Å². The maximum atomic E-state index is 8.81. The Morgan fingerprint density at radius 1 is 1.35 bits per heavy atom. The van der Waals surface area contributed by atoms with Gasteiger partial charge in [-0.05, 0) is 26.0 Å². The van der Waals surface area contributed by atoms with Crippen molar-refractivity contribution in [3.8, 4) is 12.1 Å². The van der Waals surface area contributed by atoms with Gasteiger partial charge in [0, 0.05) is 15.8 Å². The Bertz CT molecular complexity index is 422. The summed E-state index contributed by atoms with van der Waals surface area (Å²) in [7, 11) is 0. The molecule has 0 aliphatic rings. The van der Waals surface area contributed by atoms with Crippen molar-refractivity contribution in [2.45, 2.75) is 25.9 Å². The van der Waals surface area contributed by atoms with Crippen LogP contribution in [-0.4, -0.2) is 24.0 Å². The molecule has 1 heterocycles. The number of hydrogen-bond acceptors (Lipinski definition) is 5. The molecule has 0 bridgehead atoms. The molecule has 2 atom stereocenters. The van der Waals surface area contributed by atoms with Crippen molar-refractivity contribution < 1.29 is 0 Å². The summed E-state index contributed by atoms with van der Waals surface area (Å²) in [5.41, 5.74) is 5.99. The lowest BCUT2D eigenvalue weighted by Gasteiger charge is -2.29. The maximum absolute atomic E-state index is 8.81. The summed E-state index contributed by atoms with van der Waals surface area (Å²) in [4.78, 5) is 4.14. The van der Waals surface area contributed by atoms with Crippen molar-refractivity contribution in [3.63, 3.8) is 0 Å². The SMILES string of the molecule is Cc1ccc(C(C(C)N)N(CC#N)CC#N)s1. The van der Waals surface area contributed by atoms with Gasteiger partial charge < -0.3 is 5.73 Å². The van der Waals surface area contributed by atoms with Crippen LogP contribution in [0.1, 0.15) is 22.7 Å². The van der Waals surface area contributed by atoms with Crippen molar-refractivity contribution in [1.29, 1.82) is 10.5 Å². The summed E-state index contributed by atoms with van der Waals surface area (Å²) < 4.78 is 0. The molecule has 1 rings (SSSR count). The standard InChI is InChI=1S/C12H16N4S/c1-9-3-4-11(17-9)12(10(2)15)16(7-5-13)8-6-14/h3-4,10,12H,7-8,15H2,1-2H3. The molecule has 17 heavy (non-hydrogen) atoms. The molecule has 0 fully saturated rings. The van der Waals surface area contributed by atoms with Crippen LogP contribution in [0.5, 0.6) is 0 Å². The van der Waals surface area contributed by atoms with Gasteiger partial charge in [0.2, 0.25) is 0 Å². The van der Waals surface area contributed by atoms with Gasteiger partial charge in [0.15, 0.2) is 0 Å². The summed E-state index contributed by atoms with van der Waals surface area (Å²) in [6, 6.07) is 8.06. The second kappa shape index (κ2) is 6.36. The van der Waals surface area contributed by atoms with E-state index in [0.29, 0.717) is 0 Å². The van der Waals surface area contributed by atoms with E-state index < -0.39 is 0 Å². The van der Waals surface area contributed by atoms with Crippen molar-refractivity contribution >= 4 is 11.3 Å². The minimum Gasteiger partial charge on any atom is -0.326 e. The van der Waals surface area contributed by atoms with Gasteiger partial charge in [-0.15, -0.1) is 11.3 Å². The lowest BCUT2D eigenvalue weighted by atomic mass is 10.1. The third-order valence-electron chi connectivity index (χ3n) is 2.49. The van der Waals surface area contributed by atoms with Crippen molar-refractivity contribution in [2.75, 3.05) is 13.1 Å². The topological polar surface area (TPSA) is 76.8 Å². The number of thiophene rings is 1. The summed E-state index contributed by atoms with van der Waals surface area (Å²) in [6.45, 7) is 4.38. The average Bonchev–Trinajstić information content (AvgIpc) is 2.65. The van der Waals surface area contributed by atoms with E-state index in [0.717, 1.165) is 4.88 Å². The van der Waals surface area contributed by atoms with Gasteiger partial charge >= 0.3 is 0 Å². The zero-order valence-corrected chi connectivity index (χ0v) is 10.9. The van der Waals surface area contributed by atoms with Crippen molar-refractivity contribution in [2.24, 2.45) is 5.73 Å². The predicted molar refractivity (Wildman–Crippen MR) is 68.2 cm³/mol. The number of nitrogens with two attached hydrogens (primary N) is 1. The lowest BCUT2D eigenvalue weighted by Crippen LogP contribution is -2.39. The van der Waals surface area contributed by atoms with Gasteiger partial charge in [0.05, 0.1) is 31.3 Å². The molecule has 0 radical (unpaired) electrons. The molecule has 0 aliphatic carbocycles. The zero-order valence-electron chi connectivity index (χ0n) is 10.1. The van der Waals surface area contributed by atoms with Crippen molar-refractivity contribution in [3.05, 3.63) is 21.9 Å². The molecule has 0 amide bonds. The quantitative estimate of drug-likeness (QED) is 0.806. The smallest absolute Gasteiger partial charge is 0.0880 e. The molecule has 0 aromatic carbocycles. The summed E-state index contributed by atoms with van der Waals surface area (Å²) >= 11 is 1.66. The van der Waals surface area contributed by atoms with E-state index in [9.17, 15) is 0 Å². The Morgan fingerprint density at radius 2 is 1.94 bits per heavy atom. The third-order valence-corrected chi connectivity index (χ3v) is 3.56. The van der Waals surface area contributed by atoms with Crippen LogP contribution in [0.3, 0.4) is 0 Å². The lowest BCUT2D eigenvalue weighted by molar-refractivity contribution is 0.225. The number of nitriles is 2. The molecule has 90 valence electrons. The fourth-order valence-corrected chi connectivity index (χ4v) is 2.95. The largest absolute Gasteiger partial charge is 0.326 e. The minimum absolute atomic E-state index is 0.0620. The second-order valence-electron chi connectivity index (χ2n) is 3.97. The molecule has 2 N–H and O–H groups in total. The van der Waals surface area contributed by atoms with Crippen LogP contribution in [0.15, 0.2) is 12.1 Å². The van der Waals surface area contributed by atoms with Crippen molar-refractivity contribution in [1.82, 2.24) is 4.90 Å². The number of nitrogens with zero attached hydrogens (tertiary/aromatic N) is 3. The Kier molecular flexibility index (Phi) is 5.11. The van der Waals surface area contributed by atoms with E-state index in [4.69, 9.17) is 16.3 Å². The van der Waals surface area contributed by atoms with Crippen LogP contribution in [0.4, 0.5) is 0 Å². The summed E-state index contributed by atoms with van der Waals surface area (Å²) in [6.07, 6.45) is 0. The zero-order chi connectivity index (χ0) is 12.8. The van der Waals surface area contributed by atoms with Crippen LogP contribution in [-0.2, 0) is 0 Å². The van der Waals surface area contributed by atoms with Crippen LogP contribution in [0.25, 0.3) is 0 Å². The van der Waals surface area contributed by atoms with Gasteiger partial charge in [0.1, 0.15) is 0 Å². The van der Waals surface area contributed by atoms with Gasteiger partial charge in [0.25, 0.3) is 0 Å². The van der Waals surface area contributed by atoms with Crippen LogP contribution in [0.2, 0.25) is 0 Å². The summed E-state index contributed by atoms with van der Waals surface area (Å²) in [5, 5.41) is 17.6. The Morgan fingerprint density at radius 3 is 2.29 bits per heavy atom. The first-order valence-corrected chi connectivity index (χ1v) is 6.21. The second-order valence-corrected chi connectivity index (χ2v) is 5.29. The first-order valence-electron chi connectivity index (χ1n) is 5.40.